The predicted octanol–water partition coefficient (Wildman–Crippen LogP) is 4.15. The van der Waals surface area contributed by atoms with Gasteiger partial charge in [-0.2, -0.15) is 0 Å². The van der Waals surface area contributed by atoms with Crippen molar-refractivity contribution in [2.24, 2.45) is 0 Å². The van der Waals surface area contributed by atoms with Gasteiger partial charge in [0.25, 0.3) is 5.91 Å². The molecule has 3 nitrogen and oxygen atoms in total. The molecule has 1 fully saturated rings. The summed E-state index contributed by atoms with van der Waals surface area (Å²) in [6.07, 6.45) is 11.6. The Labute approximate surface area is 125 Å². The molecule has 0 aromatic heterocycles. The minimum Gasteiger partial charge on any atom is -0.368 e. The van der Waals surface area contributed by atoms with Gasteiger partial charge in [-0.15, -0.1) is 0 Å². The molecule has 0 aromatic carbocycles. The first-order valence-corrected chi connectivity index (χ1v) is 8.70. The van der Waals surface area contributed by atoms with Gasteiger partial charge in [-0.25, -0.2) is 0 Å². The van der Waals surface area contributed by atoms with Crippen LogP contribution in [0, 0.1) is 0 Å². The van der Waals surface area contributed by atoms with Crippen molar-refractivity contribution < 1.29 is 9.53 Å². The van der Waals surface area contributed by atoms with E-state index in [0.717, 1.165) is 45.4 Å². The summed E-state index contributed by atoms with van der Waals surface area (Å²) in [4.78, 5) is 14.5. The summed E-state index contributed by atoms with van der Waals surface area (Å²) >= 11 is 0. The average Bonchev–Trinajstić information content (AvgIpc) is 2.99. The zero-order chi connectivity index (χ0) is 14.6. The molecule has 1 heterocycles. The minimum atomic E-state index is -0.146. The van der Waals surface area contributed by atoms with Gasteiger partial charge >= 0.3 is 0 Å². The van der Waals surface area contributed by atoms with Crippen LogP contribution in [-0.4, -0.2) is 36.6 Å². The van der Waals surface area contributed by atoms with Crippen LogP contribution in [0.5, 0.6) is 0 Å². The standard InChI is InChI=1S/C17H33NO2/c1-3-5-7-9-13-18(14-10-8-6-4-2)17(19)16-12-11-15-20-16/h16H,3-15H2,1-2H3. The maximum absolute atomic E-state index is 12.5. The molecule has 1 atom stereocenters. The van der Waals surface area contributed by atoms with Gasteiger partial charge in [-0.3, -0.25) is 4.79 Å². The normalized spacial score (nSPS) is 18.4. The van der Waals surface area contributed by atoms with Crippen LogP contribution in [-0.2, 0) is 9.53 Å². The van der Waals surface area contributed by atoms with Gasteiger partial charge in [-0.05, 0) is 25.7 Å². The smallest absolute Gasteiger partial charge is 0.251 e. The van der Waals surface area contributed by atoms with Crippen LogP contribution in [0.1, 0.15) is 78.1 Å². The summed E-state index contributed by atoms with van der Waals surface area (Å²) in [5, 5.41) is 0. The maximum atomic E-state index is 12.5. The molecule has 0 aliphatic carbocycles. The number of hydrogen-bond donors (Lipinski definition) is 0. The number of carbonyl (C=O) groups excluding carboxylic acids is 1. The topological polar surface area (TPSA) is 29.5 Å². The molecule has 1 unspecified atom stereocenters. The Morgan fingerprint density at radius 3 is 2.05 bits per heavy atom. The predicted molar refractivity (Wildman–Crippen MR) is 83.8 cm³/mol. The number of carbonyl (C=O) groups is 1. The van der Waals surface area contributed by atoms with Gasteiger partial charge in [0.05, 0.1) is 0 Å². The van der Waals surface area contributed by atoms with Crippen LogP contribution in [0.2, 0.25) is 0 Å². The van der Waals surface area contributed by atoms with Gasteiger partial charge in [-0.1, -0.05) is 52.4 Å². The van der Waals surface area contributed by atoms with Crippen molar-refractivity contribution in [3.05, 3.63) is 0 Å². The van der Waals surface area contributed by atoms with E-state index in [0.29, 0.717) is 0 Å². The van der Waals surface area contributed by atoms with Crippen LogP contribution in [0.4, 0.5) is 0 Å². The fourth-order valence-corrected chi connectivity index (χ4v) is 2.77. The Kier molecular flexibility index (Phi) is 9.73. The number of hydrogen-bond acceptors (Lipinski definition) is 2. The second kappa shape index (κ2) is 11.1. The molecule has 1 amide bonds. The monoisotopic (exact) mass is 283 g/mol. The van der Waals surface area contributed by atoms with Crippen LogP contribution < -0.4 is 0 Å². The number of amides is 1. The Balaban J connectivity index is 2.33. The molecule has 0 aromatic rings. The maximum Gasteiger partial charge on any atom is 0.251 e. The van der Waals surface area contributed by atoms with Crippen molar-refractivity contribution in [3.8, 4) is 0 Å². The average molecular weight is 283 g/mol. The third-order valence-corrected chi connectivity index (χ3v) is 4.08. The highest BCUT2D eigenvalue weighted by molar-refractivity contribution is 5.81. The van der Waals surface area contributed by atoms with Gasteiger partial charge < -0.3 is 9.64 Å². The van der Waals surface area contributed by atoms with Crippen molar-refractivity contribution in [1.82, 2.24) is 4.90 Å². The van der Waals surface area contributed by atoms with Crippen molar-refractivity contribution in [2.75, 3.05) is 19.7 Å². The van der Waals surface area contributed by atoms with E-state index in [2.05, 4.69) is 18.7 Å². The summed E-state index contributed by atoms with van der Waals surface area (Å²) in [7, 11) is 0. The third-order valence-electron chi connectivity index (χ3n) is 4.08. The van der Waals surface area contributed by atoms with Crippen molar-refractivity contribution in [2.45, 2.75) is 84.2 Å². The minimum absolute atomic E-state index is 0.146. The van der Waals surface area contributed by atoms with E-state index in [-0.39, 0.29) is 12.0 Å². The molecule has 0 N–H and O–H groups in total. The number of nitrogens with zero attached hydrogens (tertiary/aromatic N) is 1. The Morgan fingerprint density at radius 2 is 1.60 bits per heavy atom. The molecule has 1 aliphatic heterocycles. The van der Waals surface area contributed by atoms with Crippen LogP contribution in [0.15, 0.2) is 0 Å². The van der Waals surface area contributed by atoms with E-state index in [1.165, 1.54) is 38.5 Å². The van der Waals surface area contributed by atoms with E-state index in [9.17, 15) is 4.79 Å². The molecule has 0 bridgehead atoms. The summed E-state index contributed by atoms with van der Waals surface area (Å²) < 4.78 is 5.56. The van der Waals surface area contributed by atoms with E-state index < -0.39 is 0 Å². The molecule has 1 aliphatic rings. The lowest BCUT2D eigenvalue weighted by Gasteiger charge is -2.25. The zero-order valence-electron chi connectivity index (χ0n) is 13.5. The van der Waals surface area contributed by atoms with E-state index >= 15 is 0 Å². The highest BCUT2D eigenvalue weighted by atomic mass is 16.5. The van der Waals surface area contributed by atoms with Crippen molar-refractivity contribution in [3.63, 3.8) is 0 Å². The fraction of sp³-hybridized carbons (Fsp3) is 0.941. The zero-order valence-corrected chi connectivity index (χ0v) is 13.5. The summed E-state index contributed by atoms with van der Waals surface area (Å²) in [5.74, 6) is 0.246. The second-order valence-corrected chi connectivity index (χ2v) is 5.95. The summed E-state index contributed by atoms with van der Waals surface area (Å²) in [6.45, 7) is 7.05. The molecule has 118 valence electrons. The fourth-order valence-electron chi connectivity index (χ4n) is 2.77. The second-order valence-electron chi connectivity index (χ2n) is 5.95. The molecule has 0 radical (unpaired) electrons. The van der Waals surface area contributed by atoms with Crippen molar-refractivity contribution >= 4 is 5.91 Å². The molecule has 1 rings (SSSR count). The molecule has 3 heteroatoms. The summed E-state index contributed by atoms with van der Waals surface area (Å²) in [5.41, 5.74) is 0. The first-order chi connectivity index (χ1) is 9.79. The van der Waals surface area contributed by atoms with Gasteiger partial charge in [0.15, 0.2) is 0 Å². The molecule has 0 saturated carbocycles. The SMILES string of the molecule is CCCCCCN(CCCCCC)C(=O)C1CCCO1. The lowest BCUT2D eigenvalue weighted by Crippen LogP contribution is -2.40. The first-order valence-electron chi connectivity index (χ1n) is 8.70. The van der Waals surface area contributed by atoms with E-state index in [1.54, 1.807) is 0 Å². The number of rotatable bonds is 11. The largest absolute Gasteiger partial charge is 0.368 e. The molecule has 1 saturated heterocycles. The highest BCUT2D eigenvalue weighted by Crippen LogP contribution is 2.16. The summed E-state index contributed by atoms with van der Waals surface area (Å²) in [6, 6.07) is 0. The molecule has 20 heavy (non-hydrogen) atoms. The lowest BCUT2D eigenvalue weighted by atomic mass is 10.1. The van der Waals surface area contributed by atoms with E-state index in [1.807, 2.05) is 0 Å². The first kappa shape index (κ1) is 17.5. The van der Waals surface area contributed by atoms with Crippen LogP contribution >= 0.6 is 0 Å². The number of unbranched alkanes of at least 4 members (excludes halogenated alkanes) is 6. The quantitative estimate of drug-likeness (QED) is 0.533. The third kappa shape index (κ3) is 6.74. The number of ether oxygens (including phenoxy) is 1. The Hall–Kier alpha value is -0.570. The molecular weight excluding hydrogens is 250 g/mol. The molecular formula is C17H33NO2. The Morgan fingerprint density at radius 1 is 1.00 bits per heavy atom. The van der Waals surface area contributed by atoms with E-state index in [4.69, 9.17) is 4.74 Å². The highest BCUT2D eigenvalue weighted by Gasteiger charge is 2.27. The van der Waals surface area contributed by atoms with Crippen molar-refractivity contribution in [1.29, 1.82) is 0 Å². The van der Waals surface area contributed by atoms with Gasteiger partial charge in [0.1, 0.15) is 6.10 Å². The Bertz CT molecular complexity index is 237. The lowest BCUT2D eigenvalue weighted by molar-refractivity contribution is -0.141. The van der Waals surface area contributed by atoms with Crippen LogP contribution in [0.3, 0.4) is 0 Å². The van der Waals surface area contributed by atoms with Gasteiger partial charge in [0.2, 0.25) is 0 Å². The molecule has 0 spiro atoms. The van der Waals surface area contributed by atoms with Gasteiger partial charge in [0, 0.05) is 19.7 Å². The van der Waals surface area contributed by atoms with Crippen LogP contribution in [0.25, 0.3) is 0 Å².